The Hall–Kier alpha value is -3.64. The molecule has 0 aliphatic heterocycles. The number of hydrogen-bond acceptors (Lipinski definition) is 0. The van der Waals surface area contributed by atoms with Gasteiger partial charge in [-0.25, -0.2) is 0 Å². The molecule has 0 saturated heterocycles. The van der Waals surface area contributed by atoms with Gasteiger partial charge < -0.3 is 0 Å². The van der Waals surface area contributed by atoms with Crippen molar-refractivity contribution in [2.75, 3.05) is 0 Å². The van der Waals surface area contributed by atoms with Gasteiger partial charge in [-0.2, -0.15) is 0 Å². The highest BCUT2D eigenvalue weighted by atomic mass is 14.4. The Morgan fingerprint density at radius 1 is 0.484 bits per heavy atom. The molecular weight excluding hydrogens is 372 g/mol. The van der Waals surface area contributed by atoms with Gasteiger partial charge in [0.15, 0.2) is 0 Å². The van der Waals surface area contributed by atoms with Gasteiger partial charge in [-0.1, -0.05) is 80.6 Å². The van der Waals surface area contributed by atoms with E-state index in [1.165, 1.54) is 65.3 Å². The van der Waals surface area contributed by atoms with Gasteiger partial charge in [-0.05, 0) is 95.7 Å². The molecule has 6 aromatic carbocycles. The number of fused-ring (bicyclic) bond motifs is 6. The van der Waals surface area contributed by atoms with Crippen LogP contribution in [0.3, 0.4) is 0 Å². The molecule has 1 aliphatic carbocycles. The summed E-state index contributed by atoms with van der Waals surface area (Å²) < 4.78 is 0. The van der Waals surface area contributed by atoms with Crippen LogP contribution < -0.4 is 0 Å². The van der Waals surface area contributed by atoms with Crippen molar-refractivity contribution in [3.8, 4) is 11.1 Å². The summed E-state index contributed by atoms with van der Waals surface area (Å²) in [6.07, 6.45) is 0. The maximum Gasteiger partial charge on any atom is 0.0165 e. The highest BCUT2D eigenvalue weighted by Gasteiger charge is 2.35. The predicted octanol–water partition coefficient (Wildman–Crippen LogP) is 8.61. The van der Waals surface area contributed by atoms with Gasteiger partial charge in [-0.3, -0.25) is 0 Å². The van der Waals surface area contributed by atoms with Crippen LogP contribution in [0.25, 0.3) is 54.2 Å². The summed E-state index contributed by atoms with van der Waals surface area (Å²) in [5.41, 5.74) is 5.54. The van der Waals surface area contributed by atoms with Crippen molar-refractivity contribution in [3.05, 3.63) is 108 Å². The maximum atomic E-state index is 2.45. The molecule has 0 spiro atoms. The minimum atomic E-state index is -0.0807. The second-order valence-electron chi connectivity index (χ2n) is 9.45. The zero-order chi connectivity index (χ0) is 20.7. The largest absolute Gasteiger partial charge is 0.0616 e. The summed E-state index contributed by atoms with van der Waals surface area (Å²) in [7, 11) is 0. The molecule has 0 atom stereocenters. The van der Waals surface area contributed by atoms with Crippen LogP contribution in [0.1, 0.15) is 25.0 Å². The van der Waals surface area contributed by atoms with Crippen LogP contribution in [0, 0.1) is 0 Å². The molecule has 0 amide bonds. The maximum absolute atomic E-state index is 2.45. The van der Waals surface area contributed by atoms with Crippen LogP contribution in [-0.4, -0.2) is 0 Å². The quantitative estimate of drug-likeness (QED) is 0.226. The lowest BCUT2D eigenvalue weighted by Crippen LogP contribution is -2.24. The molecule has 7 rings (SSSR count). The van der Waals surface area contributed by atoms with E-state index in [-0.39, 0.29) is 5.41 Å². The fourth-order valence-corrected chi connectivity index (χ4v) is 5.86. The zero-order valence-electron chi connectivity index (χ0n) is 17.7. The molecule has 146 valence electrons. The van der Waals surface area contributed by atoms with Gasteiger partial charge >= 0.3 is 0 Å². The summed E-state index contributed by atoms with van der Waals surface area (Å²) in [5, 5.41) is 10.7. The summed E-state index contributed by atoms with van der Waals surface area (Å²) in [6, 6.07) is 36.2. The average molecular weight is 395 g/mol. The molecular formula is C31H22. The minimum Gasteiger partial charge on any atom is -0.0616 e. The highest BCUT2D eigenvalue weighted by molar-refractivity contribution is 6.13. The first kappa shape index (κ1) is 17.1. The standard InChI is InChI=1S/C31H22/c1-31(2)28-18-24-15-20-9-4-3-8-19(20)14-23(24)17-27(28)26-13-7-11-22-16-21-10-5-6-12-25(21)30(31)29(22)26/h3-18H,1-2H3. The van der Waals surface area contributed by atoms with Crippen molar-refractivity contribution in [1.29, 1.82) is 0 Å². The third-order valence-corrected chi connectivity index (χ3v) is 7.32. The van der Waals surface area contributed by atoms with E-state index >= 15 is 0 Å². The summed E-state index contributed by atoms with van der Waals surface area (Å²) in [6.45, 7) is 4.80. The van der Waals surface area contributed by atoms with Gasteiger partial charge in [0.25, 0.3) is 0 Å². The molecule has 0 bridgehead atoms. The first-order valence-electron chi connectivity index (χ1n) is 11.0. The molecule has 0 saturated carbocycles. The summed E-state index contributed by atoms with van der Waals surface area (Å²) >= 11 is 0. The molecule has 0 N–H and O–H groups in total. The Morgan fingerprint density at radius 2 is 1.10 bits per heavy atom. The van der Waals surface area contributed by atoms with Crippen molar-refractivity contribution in [1.82, 2.24) is 0 Å². The first-order valence-corrected chi connectivity index (χ1v) is 11.0. The normalized spacial score (nSPS) is 14.4. The van der Waals surface area contributed by atoms with E-state index < -0.39 is 0 Å². The van der Waals surface area contributed by atoms with Crippen molar-refractivity contribution < 1.29 is 0 Å². The van der Waals surface area contributed by atoms with E-state index in [0.717, 1.165) is 0 Å². The van der Waals surface area contributed by atoms with Gasteiger partial charge in [0, 0.05) is 5.41 Å². The van der Waals surface area contributed by atoms with E-state index in [1.54, 1.807) is 0 Å². The molecule has 0 aromatic heterocycles. The fourth-order valence-electron chi connectivity index (χ4n) is 5.86. The molecule has 0 radical (unpaired) electrons. The minimum absolute atomic E-state index is 0.0807. The van der Waals surface area contributed by atoms with Gasteiger partial charge in [-0.15, -0.1) is 0 Å². The van der Waals surface area contributed by atoms with Crippen LogP contribution in [0.15, 0.2) is 97.1 Å². The fraction of sp³-hybridized carbons (Fsp3) is 0.0968. The second-order valence-corrected chi connectivity index (χ2v) is 9.45. The smallest absolute Gasteiger partial charge is 0.0165 e. The van der Waals surface area contributed by atoms with Crippen molar-refractivity contribution in [2.24, 2.45) is 0 Å². The Labute approximate surface area is 181 Å². The number of hydrogen-bond donors (Lipinski definition) is 0. The van der Waals surface area contributed by atoms with Crippen molar-refractivity contribution >= 4 is 43.1 Å². The lowest BCUT2D eigenvalue weighted by Gasteiger charge is -2.36. The Bertz CT molecular complexity index is 1700. The summed E-state index contributed by atoms with van der Waals surface area (Å²) in [5.74, 6) is 0. The lowest BCUT2D eigenvalue weighted by molar-refractivity contribution is 0.652. The zero-order valence-corrected chi connectivity index (χ0v) is 17.7. The highest BCUT2D eigenvalue weighted by Crippen LogP contribution is 2.52. The molecule has 6 aromatic rings. The average Bonchev–Trinajstić information content (AvgIpc) is 2.79. The SMILES string of the molecule is CC1(C)c2cc3cc4ccccc4cc3cc2-c2cccc3cc4ccccc4c1c23. The van der Waals surface area contributed by atoms with Crippen LogP contribution >= 0.6 is 0 Å². The van der Waals surface area contributed by atoms with Gasteiger partial charge in [0.1, 0.15) is 0 Å². The monoisotopic (exact) mass is 394 g/mol. The molecule has 0 nitrogen and oxygen atoms in total. The Morgan fingerprint density at radius 3 is 1.87 bits per heavy atom. The van der Waals surface area contributed by atoms with Crippen LogP contribution in [0.2, 0.25) is 0 Å². The van der Waals surface area contributed by atoms with E-state index in [2.05, 4.69) is 111 Å². The topological polar surface area (TPSA) is 0 Å². The third-order valence-electron chi connectivity index (χ3n) is 7.32. The van der Waals surface area contributed by atoms with Crippen molar-refractivity contribution in [3.63, 3.8) is 0 Å². The molecule has 0 unspecified atom stereocenters. The second kappa shape index (κ2) is 5.74. The number of rotatable bonds is 0. The van der Waals surface area contributed by atoms with Crippen LogP contribution in [0.5, 0.6) is 0 Å². The van der Waals surface area contributed by atoms with E-state index in [1.807, 2.05) is 0 Å². The Balaban J connectivity index is 1.69. The molecule has 0 heteroatoms. The Kier molecular flexibility index (Phi) is 3.16. The number of benzene rings is 6. The predicted molar refractivity (Wildman–Crippen MR) is 134 cm³/mol. The molecule has 0 fully saturated rings. The van der Waals surface area contributed by atoms with Gasteiger partial charge in [0.05, 0.1) is 0 Å². The van der Waals surface area contributed by atoms with E-state index in [0.29, 0.717) is 0 Å². The lowest BCUT2D eigenvalue weighted by atomic mass is 9.66. The summed E-state index contributed by atoms with van der Waals surface area (Å²) in [4.78, 5) is 0. The van der Waals surface area contributed by atoms with E-state index in [4.69, 9.17) is 0 Å². The van der Waals surface area contributed by atoms with E-state index in [9.17, 15) is 0 Å². The van der Waals surface area contributed by atoms with Crippen LogP contribution in [0.4, 0.5) is 0 Å². The van der Waals surface area contributed by atoms with Crippen molar-refractivity contribution in [2.45, 2.75) is 19.3 Å². The van der Waals surface area contributed by atoms with Gasteiger partial charge in [0.2, 0.25) is 0 Å². The first-order chi connectivity index (χ1) is 15.1. The molecule has 31 heavy (non-hydrogen) atoms. The molecule has 0 heterocycles. The third kappa shape index (κ3) is 2.20. The molecule has 1 aliphatic rings. The van der Waals surface area contributed by atoms with Crippen LogP contribution in [-0.2, 0) is 5.41 Å².